The number of hydrogen-bond acceptors (Lipinski definition) is 4. The minimum atomic E-state index is -0.266. The van der Waals surface area contributed by atoms with Gasteiger partial charge in [-0.05, 0) is 59.5 Å². The van der Waals surface area contributed by atoms with Gasteiger partial charge >= 0.3 is 0 Å². The second-order valence-corrected chi connectivity index (χ2v) is 9.66. The monoisotopic (exact) mass is 502 g/mol. The summed E-state index contributed by atoms with van der Waals surface area (Å²) in [7, 11) is 0. The maximum absolute atomic E-state index is 6.50. The minimum absolute atomic E-state index is 0.118. The van der Waals surface area contributed by atoms with Crippen LogP contribution in [0.5, 0.6) is 11.5 Å². The van der Waals surface area contributed by atoms with Gasteiger partial charge in [-0.3, -0.25) is 0 Å². The molecule has 0 bridgehead atoms. The summed E-state index contributed by atoms with van der Waals surface area (Å²) < 4.78 is 13.2. The molecule has 0 spiro atoms. The maximum atomic E-state index is 6.50. The van der Waals surface area contributed by atoms with Crippen LogP contribution in [0.15, 0.2) is 89.0 Å². The largest absolute Gasteiger partial charge is 0.490 e. The summed E-state index contributed by atoms with van der Waals surface area (Å²) in [6.45, 7) is 8.62. The van der Waals surface area contributed by atoms with E-state index in [-0.39, 0.29) is 12.3 Å². The summed E-state index contributed by atoms with van der Waals surface area (Å²) in [5, 5.41) is 7.19. The van der Waals surface area contributed by atoms with Gasteiger partial charge in [-0.1, -0.05) is 66.7 Å². The van der Waals surface area contributed by atoms with Gasteiger partial charge in [0.05, 0.1) is 11.8 Å². The van der Waals surface area contributed by atoms with E-state index in [2.05, 4.69) is 89.9 Å². The number of fused-ring (bicyclic) bond motifs is 3. The fourth-order valence-corrected chi connectivity index (χ4v) is 4.78. The Morgan fingerprint density at radius 2 is 1.88 bits per heavy atom. The first kappa shape index (κ1) is 21.8. The van der Waals surface area contributed by atoms with Crippen LogP contribution >= 0.6 is 15.9 Å². The normalized spacial score (nSPS) is 18.9. The molecule has 0 aromatic heterocycles. The predicted molar refractivity (Wildman–Crippen MR) is 136 cm³/mol. The van der Waals surface area contributed by atoms with Crippen LogP contribution in [0.3, 0.4) is 0 Å². The van der Waals surface area contributed by atoms with E-state index in [9.17, 15) is 0 Å². The molecule has 0 saturated carbocycles. The zero-order valence-electron chi connectivity index (χ0n) is 18.9. The Kier molecular flexibility index (Phi) is 5.98. The minimum Gasteiger partial charge on any atom is -0.490 e. The first-order valence-electron chi connectivity index (χ1n) is 11.3. The maximum Gasteiger partial charge on any atom is 0.213 e. The molecule has 4 nitrogen and oxygen atoms in total. The van der Waals surface area contributed by atoms with Crippen molar-refractivity contribution in [2.75, 3.05) is 6.61 Å². The summed E-state index contributed by atoms with van der Waals surface area (Å²) in [6.07, 6.45) is 2.30. The molecule has 0 fully saturated rings. The zero-order chi connectivity index (χ0) is 22.9. The van der Waals surface area contributed by atoms with Crippen LogP contribution in [-0.4, -0.2) is 17.3 Å². The Labute approximate surface area is 203 Å². The molecule has 0 aliphatic carbocycles. The van der Waals surface area contributed by atoms with Crippen molar-refractivity contribution < 1.29 is 9.47 Å². The molecule has 0 N–H and O–H groups in total. The lowest BCUT2D eigenvalue weighted by Crippen LogP contribution is -2.33. The lowest BCUT2D eigenvalue weighted by molar-refractivity contribution is -0.0190. The van der Waals surface area contributed by atoms with Crippen LogP contribution in [-0.2, 0) is 0 Å². The van der Waals surface area contributed by atoms with Crippen molar-refractivity contribution in [1.29, 1.82) is 0 Å². The standard InChI is InChI=1S/C28H27BrN2O2/c1-4-15-32-23-12-9-20(10-13-23)25-17-26-24-16-22(29)11-14-27(24)33-28(31(26)30-25)21-7-5-19(6-8-21)18(2)3/h4-14,16,18,26,28H,1,15,17H2,2-3H3/t26-,28+/m0/s1. The molecule has 0 saturated heterocycles. The second kappa shape index (κ2) is 9.06. The van der Waals surface area contributed by atoms with Crippen molar-refractivity contribution in [3.63, 3.8) is 0 Å². The van der Waals surface area contributed by atoms with E-state index in [4.69, 9.17) is 14.6 Å². The first-order chi connectivity index (χ1) is 16.0. The SMILES string of the molecule is C=CCOc1ccc(C2=NN3[C@@H](c4ccc(C(C)C)cc4)Oc4ccc(Br)cc4[C@@H]3C2)cc1. The van der Waals surface area contributed by atoms with Gasteiger partial charge in [0.2, 0.25) is 6.23 Å². The molecule has 0 amide bonds. The molecular formula is C28H27BrN2O2. The molecule has 2 atom stereocenters. The second-order valence-electron chi connectivity index (χ2n) is 8.74. The van der Waals surface area contributed by atoms with Crippen LogP contribution in [0.25, 0.3) is 0 Å². The molecule has 2 aliphatic rings. The van der Waals surface area contributed by atoms with Crippen LogP contribution in [0.4, 0.5) is 0 Å². The Balaban J connectivity index is 1.50. The third-order valence-electron chi connectivity index (χ3n) is 6.20. The molecule has 3 aromatic carbocycles. The number of hydrazone groups is 1. The molecule has 2 aliphatic heterocycles. The first-order valence-corrected chi connectivity index (χ1v) is 12.1. The Morgan fingerprint density at radius 3 is 2.58 bits per heavy atom. The van der Waals surface area contributed by atoms with E-state index in [1.165, 1.54) is 5.56 Å². The van der Waals surface area contributed by atoms with Crippen LogP contribution in [0.1, 0.15) is 60.7 Å². The van der Waals surface area contributed by atoms with Crippen molar-refractivity contribution >= 4 is 21.6 Å². The highest BCUT2D eigenvalue weighted by molar-refractivity contribution is 9.10. The van der Waals surface area contributed by atoms with Gasteiger partial charge in [-0.15, -0.1) is 0 Å². The lowest BCUT2D eigenvalue weighted by atomic mass is 9.95. The number of nitrogens with zero attached hydrogens (tertiary/aromatic N) is 2. The molecule has 2 heterocycles. The van der Waals surface area contributed by atoms with Gasteiger partial charge < -0.3 is 9.47 Å². The summed E-state index contributed by atoms with van der Waals surface area (Å²) >= 11 is 3.63. The predicted octanol–water partition coefficient (Wildman–Crippen LogP) is 7.38. The van der Waals surface area contributed by atoms with E-state index < -0.39 is 0 Å². The third kappa shape index (κ3) is 4.30. The van der Waals surface area contributed by atoms with Crippen molar-refractivity contribution in [3.05, 3.63) is 106 Å². The quantitative estimate of drug-likeness (QED) is 0.329. The summed E-state index contributed by atoms with van der Waals surface area (Å²) in [5.41, 5.74) is 5.73. The number of ether oxygens (including phenoxy) is 2. The molecule has 0 radical (unpaired) electrons. The summed E-state index contributed by atoms with van der Waals surface area (Å²) in [6, 6.07) is 23.2. The molecule has 3 aromatic rings. The fourth-order valence-electron chi connectivity index (χ4n) is 4.40. The van der Waals surface area contributed by atoms with Crippen molar-refractivity contribution in [1.82, 2.24) is 5.01 Å². The smallest absolute Gasteiger partial charge is 0.213 e. The van der Waals surface area contributed by atoms with E-state index in [0.29, 0.717) is 12.5 Å². The van der Waals surface area contributed by atoms with Gasteiger partial charge in [0.15, 0.2) is 0 Å². The zero-order valence-corrected chi connectivity index (χ0v) is 20.5. The van der Waals surface area contributed by atoms with E-state index in [1.807, 2.05) is 18.2 Å². The van der Waals surface area contributed by atoms with E-state index in [0.717, 1.165) is 44.8 Å². The fraction of sp³-hybridized carbons (Fsp3) is 0.250. The summed E-state index contributed by atoms with van der Waals surface area (Å²) in [4.78, 5) is 0. The molecule has 5 rings (SSSR count). The van der Waals surface area contributed by atoms with Gasteiger partial charge in [-0.25, -0.2) is 5.01 Å². The lowest BCUT2D eigenvalue weighted by Gasteiger charge is -2.38. The molecule has 33 heavy (non-hydrogen) atoms. The van der Waals surface area contributed by atoms with Crippen molar-refractivity contribution in [3.8, 4) is 11.5 Å². The highest BCUT2D eigenvalue weighted by atomic mass is 79.9. The van der Waals surface area contributed by atoms with Gasteiger partial charge in [0.1, 0.15) is 18.1 Å². The molecular weight excluding hydrogens is 476 g/mol. The van der Waals surface area contributed by atoms with E-state index in [1.54, 1.807) is 6.08 Å². The average molecular weight is 503 g/mol. The van der Waals surface area contributed by atoms with Gasteiger partial charge in [-0.2, -0.15) is 5.10 Å². The number of hydrogen-bond donors (Lipinski definition) is 0. The number of rotatable bonds is 6. The number of benzene rings is 3. The highest BCUT2D eigenvalue weighted by Gasteiger charge is 2.41. The molecule has 0 unspecified atom stereocenters. The van der Waals surface area contributed by atoms with Crippen LogP contribution < -0.4 is 9.47 Å². The number of halogens is 1. The van der Waals surface area contributed by atoms with Gasteiger partial charge in [0.25, 0.3) is 0 Å². The topological polar surface area (TPSA) is 34.1 Å². The Morgan fingerprint density at radius 1 is 1.12 bits per heavy atom. The van der Waals surface area contributed by atoms with Crippen molar-refractivity contribution in [2.45, 2.75) is 38.5 Å². The highest BCUT2D eigenvalue weighted by Crippen LogP contribution is 2.48. The average Bonchev–Trinajstić information content (AvgIpc) is 3.28. The Hall–Kier alpha value is -3.05. The van der Waals surface area contributed by atoms with E-state index >= 15 is 0 Å². The van der Waals surface area contributed by atoms with Gasteiger partial charge in [0, 0.05) is 22.0 Å². The molecule has 5 heteroatoms. The van der Waals surface area contributed by atoms with Crippen molar-refractivity contribution in [2.24, 2.45) is 5.10 Å². The van der Waals surface area contributed by atoms with Crippen LogP contribution in [0.2, 0.25) is 0 Å². The molecule has 168 valence electrons. The Bertz CT molecular complexity index is 1190. The third-order valence-corrected chi connectivity index (χ3v) is 6.69. The summed E-state index contributed by atoms with van der Waals surface area (Å²) in [5.74, 6) is 2.24. The van der Waals surface area contributed by atoms with Crippen LogP contribution in [0, 0.1) is 0 Å².